The highest BCUT2D eigenvalue weighted by molar-refractivity contribution is 5.91. The second-order valence-corrected chi connectivity index (χ2v) is 4.94. The zero-order chi connectivity index (χ0) is 17.2. The first-order valence-electron chi connectivity index (χ1n) is 7.62. The van der Waals surface area contributed by atoms with Gasteiger partial charge in [0.05, 0.1) is 13.4 Å². The van der Waals surface area contributed by atoms with Crippen LogP contribution < -0.4 is 20.7 Å². The highest BCUT2D eigenvalue weighted by Gasteiger charge is 2.06. The molecule has 0 saturated carbocycles. The predicted octanol–water partition coefficient (Wildman–Crippen LogP) is 1.38. The molecule has 0 aliphatic rings. The first-order chi connectivity index (χ1) is 11.7. The molecule has 24 heavy (non-hydrogen) atoms. The monoisotopic (exact) mass is 330 g/mol. The van der Waals surface area contributed by atoms with Crippen molar-refractivity contribution < 1.29 is 13.9 Å². The molecule has 1 aromatic carbocycles. The Kier molecular flexibility index (Phi) is 6.70. The van der Waals surface area contributed by atoms with Crippen LogP contribution in [0.25, 0.3) is 0 Å². The van der Waals surface area contributed by atoms with Crippen LogP contribution in [0, 0.1) is 0 Å². The molecule has 0 unspecified atom stereocenters. The van der Waals surface area contributed by atoms with E-state index < -0.39 is 0 Å². The van der Waals surface area contributed by atoms with Crippen LogP contribution in [-0.4, -0.2) is 39.1 Å². The van der Waals surface area contributed by atoms with Crippen LogP contribution in [0.5, 0.6) is 5.75 Å². The molecule has 7 nitrogen and oxygen atoms in total. The predicted molar refractivity (Wildman–Crippen MR) is 92.2 cm³/mol. The largest absolute Gasteiger partial charge is 0.497 e. The summed E-state index contributed by atoms with van der Waals surface area (Å²) in [4.78, 5) is 15.8. The maximum absolute atomic E-state index is 11.7. The second kappa shape index (κ2) is 9.24. The summed E-state index contributed by atoms with van der Waals surface area (Å²) in [7, 11) is 3.34. The van der Waals surface area contributed by atoms with Crippen molar-refractivity contribution in [2.24, 2.45) is 4.99 Å². The van der Waals surface area contributed by atoms with Crippen LogP contribution in [0.3, 0.4) is 0 Å². The number of ether oxygens (including phenoxy) is 1. The maximum atomic E-state index is 11.7. The number of benzene rings is 1. The second-order valence-electron chi connectivity index (χ2n) is 4.94. The molecular formula is C17H22N4O3. The van der Waals surface area contributed by atoms with Gasteiger partial charge < -0.3 is 25.1 Å². The van der Waals surface area contributed by atoms with E-state index in [1.54, 1.807) is 26.3 Å². The van der Waals surface area contributed by atoms with E-state index in [0.29, 0.717) is 31.4 Å². The standard InChI is InChI=1S/C17H22N4O3/c1-18-17(21-12-13-5-3-6-14(11-13)23-2)20-9-8-19-16(22)15-7-4-10-24-15/h3-7,10-11H,8-9,12H2,1-2H3,(H,19,22)(H2,18,20,21). The molecule has 2 rings (SSSR count). The Hall–Kier alpha value is -2.96. The van der Waals surface area contributed by atoms with Gasteiger partial charge in [0.2, 0.25) is 0 Å². The summed E-state index contributed by atoms with van der Waals surface area (Å²) in [6, 6.07) is 11.1. The van der Waals surface area contributed by atoms with Gasteiger partial charge in [0.1, 0.15) is 5.75 Å². The van der Waals surface area contributed by atoms with Crippen molar-refractivity contribution in [2.45, 2.75) is 6.54 Å². The topological polar surface area (TPSA) is 87.9 Å². The summed E-state index contributed by atoms with van der Waals surface area (Å²) >= 11 is 0. The van der Waals surface area contributed by atoms with E-state index in [0.717, 1.165) is 11.3 Å². The lowest BCUT2D eigenvalue weighted by molar-refractivity contribution is 0.0926. The van der Waals surface area contributed by atoms with Crippen LogP contribution in [0.4, 0.5) is 0 Å². The van der Waals surface area contributed by atoms with E-state index in [1.807, 2.05) is 24.3 Å². The van der Waals surface area contributed by atoms with E-state index in [-0.39, 0.29) is 5.91 Å². The third-order valence-electron chi connectivity index (χ3n) is 3.27. The lowest BCUT2D eigenvalue weighted by atomic mass is 10.2. The molecule has 128 valence electrons. The first kappa shape index (κ1) is 17.4. The van der Waals surface area contributed by atoms with Crippen molar-refractivity contribution in [1.29, 1.82) is 0 Å². The third kappa shape index (κ3) is 5.35. The van der Waals surface area contributed by atoms with Crippen molar-refractivity contribution in [2.75, 3.05) is 27.2 Å². The van der Waals surface area contributed by atoms with Crippen LogP contribution in [0.1, 0.15) is 16.1 Å². The molecule has 0 fully saturated rings. The Labute approximate surface area is 141 Å². The SMILES string of the molecule is CN=C(NCCNC(=O)c1ccco1)NCc1cccc(OC)c1. The number of carbonyl (C=O) groups excluding carboxylic acids is 1. The highest BCUT2D eigenvalue weighted by Crippen LogP contribution is 2.11. The smallest absolute Gasteiger partial charge is 0.287 e. The lowest BCUT2D eigenvalue weighted by Crippen LogP contribution is -2.41. The number of nitrogens with zero attached hydrogens (tertiary/aromatic N) is 1. The summed E-state index contributed by atoms with van der Waals surface area (Å²) in [5, 5.41) is 9.09. The molecule has 3 N–H and O–H groups in total. The Morgan fingerprint density at radius 2 is 2.00 bits per heavy atom. The summed E-state index contributed by atoms with van der Waals surface area (Å²) in [5.74, 6) is 1.54. The number of aliphatic imine (C=N–C) groups is 1. The number of hydrogen-bond acceptors (Lipinski definition) is 4. The van der Waals surface area contributed by atoms with Crippen molar-refractivity contribution in [1.82, 2.24) is 16.0 Å². The number of furan rings is 1. The van der Waals surface area contributed by atoms with Gasteiger partial charge >= 0.3 is 0 Å². The minimum atomic E-state index is -0.235. The van der Waals surface area contributed by atoms with Gasteiger partial charge in [-0.2, -0.15) is 0 Å². The lowest BCUT2D eigenvalue weighted by Gasteiger charge is -2.12. The number of carbonyl (C=O) groups is 1. The molecule has 1 amide bonds. The Balaban J connectivity index is 1.69. The average molecular weight is 330 g/mol. The average Bonchev–Trinajstić information content (AvgIpc) is 3.16. The third-order valence-corrected chi connectivity index (χ3v) is 3.27. The Morgan fingerprint density at radius 1 is 1.17 bits per heavy atom. The number of hydrogen-bond donors (Lipinski definition) is 3. The van der Waals surface area contributed by atoms with E-state index in [4.69, 9.17) is 9.15 Å². The molecule has 0 atom stereocenters. The molecule has 7 heteroatoms. The molecule has 0 radical (unpaired) electrons. The van der Waals surface area contributed by atoms with Crippen LogP contribution in [-0.2, 0) is 6.54 Å². The highest BCUT2D eigenvalue weighted by atomic mass is 16.5. The van der Waals surface area contributed by atoms with Gasteiger partial charge in [-0.25, -0.2) is 0 Å². The summed E-state index contributed by atoms with van der Waals surface area (Å²) < 4.78 is 10.2. The molecule has 0 saturated heterocycles. The fourth-order valence-corrected chi connectivity index (χ4v) is 2.04. The van der Waals surface area contributed by atoms with Crippen LogP contribution in [0.15, 0.2) is 52.1 Å². The van der Waals surface area contributed by atoms with Gasteiger partial charge in [-0.15, -0.1) is 0 Å². The van der Waals surface area contributed by atoms with Crippen molar-refractivity contribution in [3.05, 3.63) is 54.0 Å². The molecule has 0 bridgehead atoms. The molecule has 0 aliphatic heterocycles. The normalized spacial score (nSPS) is 11.0. The molecule has 2 aromatic rings. The van der Waals surface area contributed by atoms with Gasteiger partial charge in [-0.1, -0.05) is 12.1 Å². The number of methoxy groups -OCH3 is 1. The number of guanidine groups is 1. The fourth-order valence-electron chi connectivity index (χ4n) is 2.04. The number of amides is 1. The van der Waals surface area contributed by atoms with Crippen molar-refractivity contribution in [3.8, 4) is 5.75 Å². The zero-order valence-corrected chi connectivity index (χ0v) is 13.8. The summed E-state index contributed by atoms with van der Waals surface area (Å²) in [5.41, 5.74) is 1.09. The molecular weight excluding hydrogens is 308 g/mol. The number of rotatable bonds is 7. The van der Waals surface area contributed by atoms with Gasteiger partial charge in [0.25, 0.3) is 5.91 Å². The molecule has 1 heterocycles. The molecule has 0 spiro atoms. The van der Waals surface area contributed by atoms with Gasteiger partial charge in [-0.3, -0.25) is 9.79 Å². The van der Waals surface area contributed by atoms with Crippen LogP contribution >= 0.6 is 0 Å². The van der Waals surface area contributed by atoms with E-state index in [9.17, 15) is 4.79 Å². The maximum Gasteiger partial charge on any atom is 0.287 e. The minimum Gasteiger partial charge on any atom is -0.497 e. The van der Waals surface area contributed by atoms with Crippen molar-refractivity contribution >= 4 is 11.9 Å². The summed E-state index contributed by atoms with van der Waals surface area (Å²) in [6.07, 6.45) is 1.47. The van der Waals surface area contributed by atoms with Crippen molar-refractivity contribution in [3.63, 3.8) is 0 Å². The van der Waals surface area contributed by atoms with Gasteiger partial charge in [0.15, 0.2) is 11.7 Å². The zero-order valence-electron chi connectivity index (χ0n) is 13.8. The van der Waals surface area contributed by atoms with E-state index in [1.165, 1.54) is 6.26 Å². The Morgan fingerprint density at radius 3 is 2.71 bits per heavy atom. The minimum absolute atomic E-state index is 0.235. The molecule has 1 aromatic heterocycles. The molecule has 0 aliphatic carbocycles. The summed E-state index contributed by atoms with van der Waals surface area (Å²) in [6.45, 7) is 1.62. The Bertz CT molecular complexity index is 668. The first-order valence-corrected chi connectivity index (χ1v) is 7.62. The van der Waals surface area contributed by atoms with Gasteiger partial charge in [0, 0.05) is 26.7 Å². The van der Waals surface area contributed by atoms with Crippen LogP contribution in [0.2, 0.25) is 0 Å². The quantitative estimate of drug-likeness (QED) is 0.406. The van der Waals surface area contributed by atoms with E-state index >= 15 is 0 Å². The van der Waals surface area contributed by atoms with E-state index in [2.05, 4.69) is 20.9 Å². The fraction of sp³-hybridized carbons (Fsp3) is 0.294. The van der Waals surface area contributed by atoms with Gasteiger partial charge in [-0.05, 0) is 29.8 Å². The number of nitrogens with one attached hydrogen (secondary N) is 3.